The summed E-state index contributed by atoms with van der Waals surface area (Å²) in [6.45, 7) is 7.87. The number of nitrogen functional groups attached to an aromatic ring is 2. The number of aromatic nitrogens is 6. The molecule has 7 N–H and O–H groups in total. The molecule has 0 saturated carbocycles. The molecule has 2 amide bonds. The lowest BCUT2D eigenvalue weighted by Crippen LogP contribution is -2.37. The molecule has 0 atom stereocenters. The van der Waals surface area contributed by atoms with E-state index in [9.17, 15) is 18.4 Å². The van der Waals surface area contributed by atoms with Crippen molar-refractivity contribution < 1.29 is 23.1 Å². The second-order valence-electron chi connectivity index (χ2n) is 18.2. The van der Waals surface area contributed by atoms with Gasteiger partial charge in [0.25, 0.3) is 11.8 Å². The average Bonchev–Trinajstić information content (AvgIpc) is 4.15. The summed E-state index contributed by atoms with van der Waals surface area (Å²) in [5, 5.41) is 11.2. The van der Waals surface area contributed by atoms with Crippen LogP contribution in [-0.4, -0.2) is 59.8 Å². The number of nitrogens with one attached hydrogen (secondary N) is 3. The molecular formula is C58H52F2N12O3S2. The van der Waals surface area contributed by atoms with Crippen molar-refractivity contribution in [2.75, 3.05) is 35.3 Å². The number of ether oxygens (including phenoxy) is 1. The van der Waals surface area contributed by atoms with Gasteiger partial charge in [-0.1, -0.05) is 36.4 Å². The highest BCUT2D eigenvalue weighted by atomic mass is 32.1. The number of hydrogen-bond donors (Lipinski definition) is 5. The van der Waals surface area contributed by atoms with E-state index in [1.165, 1.54) is 24.8 Å². The molecule has 77 heavy (non-hydrogen) atoms. The lowest BCUT2D eigenvalue weighted by Gasteiger charge is -2.29. The molecule has 7 heterocycles. The number of nitrogens with zero attached hydrogens (tertiary/aromatic N) is 7. The molecule has 0 aliphatic carbocycles. The smallest absolute Gasteiger partial charge is 0.258 e. The molecule has 11 rings (SSSR count). The zero-order chi connectivity index (χ0) is 53.6. The van der Waals surface area contributed by atoms with E-state index >= 15 is 0 Å². The lowest BCUT2D eigenvalue weighted by molar-refractivity contribution is 0.0727. The Bertz CT molecular complexity index is 3830. The fourth-order valence-corrected chi connectivity index (χ4v) is 10.7. The Hall–Kier alpha value is -8.94. The molecule has 0 radical (unpaired) electrons. The van der Waals surface area contributed by atoms with Gasteiger partial charge in [0, 0.05) is 56.1 Å². The third kappa shape index (κ3) is 11.8. The first-order valence-electron chi connectivity index (χ1n) is 24.7. The fourth-order valence-electron chi connectivity index (χ4n) is 8.79. The van der Waals surface area contributed by atoms with Crippen LogP contribution in [0.4, 0.5) is 32.1 Å². The van der Waals surface area contributed by atoms with Crippen molar-refractivity contribution in [3.8, 4) is 26.6 Å². The minimum atomic E-state index is -0.338. The third-order valence-corrected chi connectivity index (χ3v) is 15.3. The van der Waals surface area contributed by atoms with E-state index in [1.54, 1.807) is 78.1 Å². The summed E-state index contributed by atoms with van der Waals surface area (Å²) in [5.41, 5.74) is 20.2. The van der Waals surface area contributed by atoms with Crippen LogP contribution in [0, 0.1) is 25.5 Å². The van der Waals surface area contributed by atoms with Crippen LogP contribution in [-0.2, 0) is 32.6 Å². The molecular weight excluding hydrogens is 1010 g/mol. The van der Waals surface area contributed by atoms with Gasteiger partial charge in [-0.05, 0) is 139 Å². The molecule has 388 valence electrons. The van der Waals surface area contributed by atoms with Crippen LogP contribution in [0.1, 0.15) is 65.2 Å². The molecule has 0 fully saturated rings. The maximum absolute atomic E-state index is 14.1. The molecule has 0 spiro atoms. The molecule has 6 aromatic heterocycles. The van der Waals surface area contributed by atoms with E-state index in [-0.39, 0.29) is 30.0 Å². The number of amides is 2. The Morgan fingerprint density at radius 1 is 0.675 bits per heavy atom. The van der Waals surface area contributed by atoms with Crippen LogP contribution in [0.25, 0.3) is 42.7 Å². The van der Waals surface area contributed by atoms with Crippen LogP contribution in [0.15, 0.2) is 134 Å². The number of benzene rings is 4. The van der Waals surface area contributed by atoms with Gasteiger partial charge in [0.1, 0.15) is 53.3 Å². The van der Waals surface area contributed by atoms with Crippen LogP contribution in [0.5, 0.6) is 5.75 Å². The van der Waals surface area contributed by atoms with Crippen LogP contribution in [0.3, 0.4) is 0 Å². The topological polar surface area (TPSA) is 212 Å². The van der Waals surface area contributed by atoms with Gasteiger partial charge in [0.15, 0.2) is 0 Å². The molecule has 0 bridgehead atoms. The SMILES string of the molecule is CCOc1cnc(NCc2ccc(-c3ccc4ncnc(N)c4c3)s2)c(C(=O)NCc2ccc(C)c(F)c2)c1.Cc1ccc(CN2CCc3ccnc(NCc4ccc(-c5ccc6ncnc(N)c6c5)s4)c3C2=O)cc1F. The second-order valence-corrected chi connectivity index (χ2v) is 20.6. The first-order chi connectivity index (χ1) is 37.4. The minimum Gasteiger partial charge on any atom is -0.492 e. The highest BCUT2D eigenvalue weighted by Gasteiger charge is 2.28. The van der Waals surface area contributed by atoms with E-state index < -0.39 is 0 Å². The number of fused-ring (bicyclic) bond motifs is 3. The van der Waals surface area contributed by atoms with E-state index in [0.29, 0.717) is 89.6 Å². The van der Waals surface area contributed by atoms with Gasteiger partial charge in [-0.2, -0.15) is 0 Å². The van der Waals surface area contributed by atoms with Gasteiger partial charge in [-0.3, -0.25) is 9.59 Å². The molecule has 0 saturated heterocycles. The third-order valence-electron chi connectivity index (χ3n) is 13.0. The van der Waals surface area contributed by atoms with E-state index in [0.717, 1.165) is 70.0 Å². The van der Waals surface area contributed by atoms with Crippen molar-refractivity contribution in [3.05, 3.63) is 195 Å². The predicted molar refractivity (Wildman–Crippen MR) is 301 cm³/mol. The van der Waals surface area contributed by atoms with Crippen LogP contribution >= 0.6 is 22.7 Å². The Labute approximate surface area is 450 Å². The molecule has 4 aromatic carbocycles. The number of anilines is 4. The molecule has 1 aliphatic heterocycles. The summed E-state index contributed by atoms with van der Waals surface area (Å²) in [4.78, 5) is 58.3. The maximum Gasteiger partial charge on any atom is 0.258 e. The second kappa shape index (κ2) is 22.9. The summed E-state index contributed by atoms with van der Waals surface area (Å²) in [6.07, 6.45) is 6.97. The average molecular weight is 1070 g/mol. The van der Waals surface area contributed by atoms with Crippen molar-refractivity contribution in [2.24, 2.45) is 0 Å². The summed E-state index contributed by atoms with van der Waals surface area (Å²) < 4.78 is 33.5. The summed E-state index contributed by atoms with van der Waals surface area (Å²) in [5.74, 6) is 1.40. The molecule has 0 unspecified atom stereocenters. The van der Waals surface area contributed by atoms with Crippen molar-refractivity contribution >= 4 is 79.6 Å². The monoisotopic (exact) mass is 1070 g/mol. The van der Waals surface area contributed by atoms with E-state index in [1.807, 2.05) is 67.6 Å². The number of carbonyl (C=O) groups is 2. The van der Waals surface area contributed by atoms with Gasteiger partial charge in [0.2, 0.25) is 0 Å². The number of pyridine rings is 2. The summed E-state index contributed by atoms with van der Waals surface area (Å²) in [7, 11) is 0. The van der Waals surface area contributed by atoms with Crippen LogP contribution in [0.2, 0.25) is 0 Å². The first kappa shape index (κ1) is 51.5. The number of hydrogen-bond acceptors (Lipinski definition) is 15. The highest BCUT2D eigenvalue weighted by Crippen LogP contribution is 2.34. The number of thiophene rings is 2. The van der Waals surface area contributed by atoms with Crippen molar-refractivity contribution in [1.82, 2.24) is 40.1 Å². The Balaban J connectivity index is 0.000000175. The van der Waals surface area contributed by atoms with Gasteiger partial charge in [-0.25, -0.2) is 38.7 Å². The van der Waals surface area contributed by atoms with Gasteiger partial charge in [-0.15, -0.1) is 22.7 Å². The quantitative estimate of drug-likeness (QED) is 0.0647. The number of halogens is 2. The van der Waals surface area contributed by atoms with Crippen molar-refractivity contribution in [1.29, 1.82) is 0 Å². The Morgan fingerprint density at radius 2 is 1.27 bits per heavy atom. The number of nitrogens with two attached hydrogens (primary N) is 2. The van der Waals surface area contributed by atoms with Crippen LogP contribution < -0.4 is 32.2 Å². The molecule has 1 aliphatic rings. The maximum atomic E-state index is 14.1. The van der Waals surface area contributed by atoms with Crippen molar-refractivity contribution in [2.45, 2.75) is 53.4 Å². The predicted octanol–water partition coefficient (Wildman–Crippen LogP) is 11.3. The zero-order valence-corrected chi connectivity index (χ0v) is 43.9. The van der Waals surface area contributed by atoms with Gasteiger partial charge in [0.05, 0.1) is 48.1 Å². The lowest BCUT2D eigenvalue weighted by atomic mass is 9.99. The van der Waals surface area contributed by atoms with E-state index in [2.05, 4.69) is 58.0 Å². The van der Waals surface area contributed by atoms with Gasteiger partial charge < -0.3 is 37.1 Å². The Kier molecular flexibility index (Phi) is 15.3. The molecule has 10 aromatic rings. The number of rotatable bonds is 15. The normalized spacial score (nSPS) is 12.0. The minimum absolute atomic E-state index is 0.0920. The first-order valence-corrected chi connectivity index (χ1v) is 26.3. The largest absolute Gasteiger partial charge is 0.492 e. The van der Waals surface area contributed by atoms with Crippen molar-refractivity contribution in [3.63, 3.8) is 0 Å². The summed E-state index contributed by atoms with van der Waals surface area (Å²) >= 11 is 3.28. The van der Waals surface area contributed by atoms with Gasteiger partial charge >= 0.3 is 0 Å². The van der Waals surface area contributed by atoms with E-state index in [4.69, 9.17) is 16.2 Å². The number of carbonyl (C=O) groups excluding carboxylic acids is 2. The number of aryl methyl sites for hydroxylation is 2. The molecule has 15 nitrogen and oxygen atoms in total. The standard InChI is InChI=1S/C29H27FN6O2S.C29H25FN6OS/c1-3-38-20-12-23(29(37)34-13-18-5-4-17(2)24(30)10-18)28(32-14-20)33-15-21-7-9-26(39-21)19-6-8-25-22(11-19)27(31)36-16-35-25;1-17-2-3-18(12-23(17)30)15-36-11-9-19-8-10-32-28(26(19)29(36)37)33-14-21-5-7-25(38-21)20-4-6-24-22(13-20)27(31)35-16-34-24/h4-12,14,16H,3,13,15H2,1-2H3,(H,32,33)(H,34,37)(H2,31,35,36);2-8,10,12-13,16H,9,11,14-15H2,1H3,(H,32,33)(H2,31,34,35). The summed E-state index contributed by atoms with van der Waals surface area (Å²) in [6, 6.07) is 33.7. The fraction of sp³-hybridized carbons (Fsp3) is 0.172. The Morgan fingerprint density at radius 3 is 1.88 bits per heavy atom. The highest BCUT2D eigenvalue weighted by molar-refractivity contribution is 7.15. The molecule has 19 heteroatoms. The zero-order valence-electron chi connectivity index (χ0n) is 42.2.